The van der Waals surface area contributed by atoms with Gasteiger partial charge in [0.2, 0.25) is 5.78 Å². The normalized spacial score (nSPS) is 14.6. The van der Waals surface area contributed by atoms with Crippen LogP contribution >= 0.6 is 0 Å². The Morgan fingerprint density at radius 3 is 2.25 bits per heavy atom. The maximum Gasteiger partial charge on any atom is 0.309 e. The fourth-order valence-electron chi connectivity index (χ4n) is 3.11. The van der Waals surface area contributed by atoms with Crippen molar-refractivity contribution >= 4 is 17.7 Å². The third-order valence-corrected chi connectivity index (χ3v) is 4.73. The highest BCUT2D eigenvalue weighted by Crippen LogP contribution is 2.21. The van der Waals surface area contributed by atoms with E-state index in [-0.39, 0.29) is 11.5 Å². The highest BCUT2D eigenvalue weighted by Gasteiger charge is 2.29. The van der Waals surface area contributed by atoms with Gasteiger partial charge in [0.15, 0.2) is 6.61 Å². The largest absolute Gasteiger partial charge is 0.457 e. The number of benzene rings is 2. The molecule has 0 aliphatic carbocycles. The Bertz CT molecular complexity index is 874. The fraction of sp³-hybridized carbons (Fsp3) is 0.286. The molecule has 7 heteroatoms. The number of hydrogen-bond donors (Lipinski definition) is 0. The number of nitrogens with zero attached hydrogens (tertiary/aromatic N) is 1. The molecule has 0 radical (unpaired) electrons. The van der Waals surface area contributed by atoms with Crippen molar-refractivity contribution in [2.45, 2.75) is 12.8 Å². The van der Waals surface area contributed by atoms with Crippen LogP contribution in [0.15, 0.2) is 48.5 Å². The summed E-state index contributed by atoms with van der Waals surface area (Å²) in [6.07, 6.45) is 0.805. The van der Waals surface area contributed by atoms with Crippen LogP contribution in [-0.4, -0.2) is 42.3 Å². The second kappa shape index (κ2) is 8.73. The number of hydrogen-bond acceptors (Lipinski definition) is 4. The molecule has 146 valence electrons. The molecule has 3 rings (SSSR count). The Morgan fingerprint density at radius 1 is 0.964 bits per heavy atom. The molecular weight excluding hydrogens is 368 g/mol. The molecule has 0 unspecified atom stereocenters. The number of ether oxygens (including phenoxy) is 1. The third kappa shape index (κ3) is 4.60. The number of esters is 1. The molecule has 0 atom stereocenters. The lowest BCUT2D eigenvalue weighted by molar-refractivity contribution is -0.148. The van der Waals surface area contributed by atoms with Gasteiger partial charge in [0.05, 0.1) is 11.5 Å². The highest BCUT2D eigenvalue weighted by molar-refractivity contribution is 5.98. The molecule has 0 saturated carbocycles. The second-order valence-electron chi connectivity index (χ2n) is 6.58. The van der Waals surface area contributed by atoms with Gasteiger partial charge in [-0.05, 0) is 49.2 Å². The predicted octanol–water partition coefficient (Wildman–Crippen LogP) is 3.24. The molecule has 0 aromatic heterocycles. The number of carbonyl (C=O) groups is 3. The van der Waals surface area contributed by atoms with Gasteiger partial charge in [0.1, 0.15) is 11.6 Å². The molecule has 1 amide bonds. The second-order valence-corrected chi connectivity index (χ2v) is 6.58. The van der Waals surface area contributed by atoms with Crippen molar-refractivity contribution in [3.05, 3.63) is 71.3 Å². The van der Waals surface area contributed by atoms with Crippen molar-refractivity contribution in [2.24, 2.45) is 5.92 Å². The molecule has 0 N–H and O–H groups in total. The van der Waals surface area contributed by atoms with Crippen LogP contribution in [0.25, 0.3) is 0 Å². The predicted molar refractivity (Wildman–Crippen MR) is 96.7 cm³/mol. The van der Waals surface area contributed by atoms with E-state index in [1.54, 1.807) is 4.90 Å². The molecule has 2 aromatic rings. The Labute approximate surface area is 160 Å². The van der Waals surface area contributed by atoms with Crippen LogP contribution in [0.2, 0.25) is 0 Å². The van der Waals surface area contributed by atoms with Gasteiger partial charge < -0.3 is 9.64 Å². The van der Waals surface area contributed by atoms with Crippen LogP contribution < -0.4 is 0 Å². The zero-order chi connectivity index (χ0) is 20.1. The molecule has 0 bridgehead atoms. The van der Waals surface area contributed by atoms with Crippen molar-refractivity contribution in [3.63, 3.8) is 0 Å². The zero-order valence-electron chi connectivity index (χ0n) is 15.1. The molecule has 2 aromatic carbocycles. The zero-order valence-corrected chi connectivity index (χ0v) is 15.1. The van der Waals surface area contributed by atoms with E-state index in [1.165, 1.54) is 48.5 Å². The minimum atomic E-state index is -0.656. The van der Waals surface area contributed by atoms with Crippen LogP contribution in [0.1, 0.15) is 33.6 Å². The summed E-state index contributed by atoms with van der Waals surface area (Å²) in [5.41, 5.74) is 0.271. The first kappa shape index (κ1) is 19.7. The van der Waals surface area contributed by atoms with Crippen LogP contribution in [-0.2, 0) is 9.53 Å². The number of ketones is 1. The number of carbonyl (C=O) groups excluding carboxylic acids is 3. The minimum absolute atomic E-state index is 0.116. The number of amides is 1. The lowest BCUT2D eigenvalue weighted by atomic mass is 9.96. The quantitative estimate of drug-likeness (QED) is 0.584. The maximum absolute atomic E-state index is 13.6. The first-order valence-electron chi connectivity index (χ1n) is 8.95. The van der Waals surface area contributed by atoms with Crippen LogP contribution in [0.5, 0.6) is 0 Å². The van der Waals surface area contributed by atoms with Gasteiger partial charge in [0.25, 0.3) is 5.91 Å². The van der Waals surface area contributed by atoms with E-state index in [0.29, 0.717) is 31.5 Å². The topological polar surface area (TPSA) is 63.7 Å². The first-order valence-corrected chi connectivity index (χ1v) is 8.95. The van der Waals surface area contributed by atoms with Crippen molar-refractivity contribution in [3.8, 4) is 0 Å². The smallest absolute Gasteiger partial charge is 0.309 e. The van der Waals surface area contributed by atoms with E-state index in [4.69, 9.17) is 4.74 Å². The lowest BCUT2D eigenvalue weighted by Crippen LogP contribution is -2.40. The van der Waals surface area contributed by atoms with Gasteiger partial charge in [-0.1, -0.05) is 12.1 Å². The number of rotatable bonds is 5. The Kier molecular flexibility index (Phi) is 6.13. The molecule has 28 heavy (non-hydrogen) atoms. The number of likely N-dealkylation sites (tertiary alicyclic amines) is 1. The summed E-state index contributed by atoms with van der Waals surface area (Å²) in [7, 11) is 0. The van der Waals surface area contributed by atoms with E-state index in [9.17, 15) is 23.2 Å². The Balaban J connectivity index is 1.48. The van der Waals surface area contributed by atoms with Gasteiger partial charge in [0, 0.05) is 18.7 Å². The van der Waals surface area contributed by atoms with Gasteiger partial charge in [-0.15, -0.1) is 0 Å². The van der Waals surface area contributed by atoms with Crippen molar-refractivity contribution in [1.82, 2.24) is 4.90 Å². The minimum Gasteiger partial charge on any atom is -0.457 e. The number of piperidine rings is 1. The monoisotopic (exact) mass is 387 g/mol. The van der Waals surface area contributed by atoms with E-state index in [2.05, 4.69) is 0 Å². The number of halogens is 2. The molecule has 1 aliphatic heterocycles. The average molecular weight is 387 g/mol. The van der Waals surface area contributed by atoms with Gasteiger partial charge in [-0.25, -0.2) is 8.78 Å². The van der Waals surface area contributed by atoms with Crippen molar-refractivity contribution in [2.75, 3.05) is 19.7 Å². The average Bonchev–Trinajstić information content (AvgIpc) is 2.72. The van der Waals surface area contributed by atoms with Crippen LogP contribution in [0, 0.1) is 17.6 Å². The van der Waals surface area contributed by atoms with Gasteiger partial charge >= 0.3 is 5.97 Å². The lowest BCUT2D eigenvalue weighted by Gasteiger charge is -2.31. The SMILES string of the molecule is O=C(COC(=O)C1CCN(C(=O)c2ccc(F)cc2)CC1)c1ccccc1F. The Hall–Kier alpha value is -3.09. The molecule has 5 nitrogen and oxygen atoms in total. The third-order valence-electron chi connectivity index (χ3n) is 4.73. The standard InChI is InChI=1S/C21H19F2NO4/c22-16-7-5-14(6-8-16)20(26)24-11-9-15(10-12-24)21(27)28-13-19(25)17-3-1-2-4-18(17)23/h1-8,15H,9-13H2. The summed E-state index contributed by atoms with van der Waals surface area (Å²) in [4.78, 5) is 38.2. The molecule has 1 saturated heterocycles. The molecular formula is C21H19F2NO4. The summed E-state index contributed by atoms with van der Waals surface area (Å²) in [6.45, 7) is 0.197. The van der Waals surface area contributed by atoms with Crippen molar-refractivity contribution < 1.29 is 27.9 Å². The fourth-order valence-corrected chi connectivity index (χ4v) is 3.11. The van der Waals surface area contributed by atoms with Crippen LogP contribution in [0.3, 0.4) is 0 Å². The molecule has 1 aliphatic rings. The van der Waals surface area contributed by atoms with Gasteiger partial charge in [-0.3, -0.25) is 14.4 Å². The van der Waals surface area contributed by atoms with Crippen molar-refractivity contribution in [1.29, 1.82) is 0 Å². The molecule has 1 fully saturated rings. The summed E-state index contributed by atoms with van der Waals surface area (Å²) < 4.78 is 31.6. The summed E-state index contributed by atoms with van der Waals surface area (Å²) in [6, 6.07) is 10.8. The van der Waals surface area contributed by atoms with Crippen LogP contribution in [0.4, 0.5) is 8.78 Å². The van der Waals surface area contributed by atoms with Gasteiger partial charge in [-0.2, -0.15) is 0 Å². The summed E-state index contributed by atoms with van der Waals surface area (Å²) in [5.74, 6) is -2.85. The van der Waals surface area contributed by atoms with E-state index < -0.39 is 35.9 Å². The number of Topliss-reactive ketones (excluding diaryl/α,β-unsaturated/α-hetero) is 1. The van der Waals surface area contributed by atoms with E-state index in [0.717, 1.165) is 0 Å². The Morgan fingerprint density at radius 2 is 1.61 bits per heavy atom. The first-order chi connectivity index (χ1) is 13.5. The highest BCUT2D eigenvalue weighted by atomic mass is 19.1. The molecule has 0 spiro atoms. The van der Waals surface area contributed by atoms with E-state index >= 15 is 0 Å². The summed E-state index contributed by atoms with van der Waals surface area (Å²) in [5, 5.41) is 0. The van der Waals surface area contributed by atoms with E-state index in [1.807, 2.05) is 0 Å². The molecule has 1 heterocycles. The summed E-state index contributed by atoms with van der Waals surface area (Å²) >= 11 is 0. The maximum atomic E-state index is 13.6.